The predicted octanol–water partition coefficient (Wildman–Crippen LogP) is 2.90. The Morgan fingerprint density at radius 2 is 2.26 bits per heavy atom. The van der Waals surface area contributed by atoms with E-state index in [1.165, 1.54) is 0 Å². The predicted molar refractivity (Wildman–Crippen MR) is 86.4 cm³/mol. The van der Waals surface area contributed by atoms with Crippen LogP contribution in [0.4, 0.5) is 0 Å². The van der Waals surface area contributed by atoms with E-state index < -0.39 is 0 Å². The maximum atomic E-state index is 12.6. The maximum Gasteiger partial charge on any atom is 0.261 e. The topological polar surface area (TPSA) is 71.1 Å². The SMILES string of the molecule is Cc1nc(C2CCCCN2C(=O)COc2ccccc2Cl)n[nH]1. The fourth-order valence-corrected chi connectivity index (χ4v) is 2.98. The number of aromatic amines is 1. The molecule has 1 unspecified atom stereocenters. The highest BCUT2D eigenvalue weighted by atomic mass is 35.5. The summed E-state index contributed by atoms with van der Waals surface area (Å²) in [5, 5.41) is 7.56. The van der Waals surface area contributed by atoms with E-state index in [1.807, 2.05) is 24.0 Å². The number of likely N-dealkylation sites (tertiary alicyclic amines) is 1. The molecule has 1 amide bonds. The molecule has 122 valence electrons. The first kappa shape index (κ1) is 15.8. The van der Waals surface area contributed by atoms with Gasteiger partial charge in [0.2, 0.25) is 0 Å². The van der Waals surface area contributed by atoms with Crippen LogP contribution in [0.3, 0.4) is 0 Å². The Morgan fingerprint density at radius 1 is 1.43 bits per heavy atom. The van der Waals surface area contributed by atoms with E-state index in [-0.39, 0.29) is 18.6 Å². The van der Waals surface area contributed by atoms with E-state index >= 15 is 0 Å². The van der Waals surface area contributed by atoms with Crippen LogP contribution < -0.4 is 4.74 Å². The van der Waals surface area contributed by atoms with Gasteiger partial charge in [-0.2, -0.15) is 5.10 Å². The number of ether oxygens (including phenoxy) is 1. The molecule has 0 aliphatic carbocycles. The van der Waals surface area contributed by atoms with E-state index in [0.29, 0.717) is 23.1 Å². The third-order valence-electron chi connectivity index (χ3n) is 3.92. The Hall–Kier alpha value is -2.08. The summed E-state index contributed by atoms with van der Waals surface area (Å²) in [5.41, 5.74) is 0. The van der Waals surface area contributed by atoms with Crippen molar-refractivity contribution in [3.05, 3.63) is 40.9 Å². The van der Waals surface area contributed by atoms with Gasteiger partial charge in [0.05, 0.1) is 11.1 Å². The molecule has 0 saturated carbocycles. The molecule has 1 fully saturated rings. The molecule has 1 atom stereocenters. The van der Waals surface area contributed by atoms with Gasteiger partial charge >= 0.3 is 0 Å². The molecule has 0 spiro atoms. The van der Waals surface area contributed by atoms with Crippen LogP contribution in [-0.2, 0) is 4.79 Å². The largest absolute Gasteiger partial charge is 0.482 e. The van der Waals surface area contributed by atoms with E-state index in [1.54, 1.807) is 12.1 Å². The number of amides is 1. The van der Waals surface area contributed by atoms with E-state index in [9.17, 15) is 4.79 Å². The number of benzene rings is 1. The second kappa shape index (κ2) is 7.00. The zero-order valence-electron chi connectivity index (χ0n) is 13.0. The fraction of sp³-hybridized carbons (Fsp3) is 0.438. The minimum absolute atomic E-state index is 0.0381. The van der Waals surface area contributed by atoms with Crippen LogP contribution in [0.15, 0.2) is 24.3 Å². The maximum absolute atomic E-state index is 12.6. The van der Waals surface area contributed by atoms with Crippen LogP contribution in [0, 0.1) is 6.92 Å². The van der Waals surface area contributed by atoms with Crippen molar-refractivity contribution in [2.24, 2.45) is 0 Å². The summed E-state index contributed by atoms with van der Waals surface area (Å²) in [6.07, 6.45) is 2.92. The van der Waals surface area contributed by atoms with Crippen LogP contribution in [0.2, 0.25) is 5.02 Å². The Labute approximate surface area is 139 Å². The van der Waals surface area contributed by atoms with Crippen molar-refractivity contribution in [2.45, 2.75) is 32.2 Å². The molecule has 3 rings (SSSR count). The van der Waals surface area contributed by atoms with Crippen molar-refractivity contribution < 1.29 is 9.53 Å². The summed E-state index contributed by atoms with van der Waals surface area (Å²) >= 11 is 6.05. The summed E-state index contributed by atoms with van der Waals surface area (Å²) in [5.74, 6) is 1.88. The minimum atomic E-state index is -0.0870. The lowest BCUT2D eigenvalue weighted by Gasteiger charge is -2.34. The third-order valence-corrected chi connectivity index (χ3v) is 4.24. The highest BCUT2D eigenvalue weighted by molar-refractivity contribution is 6.32. The summed E-state index contributed by atoms with van der Waals surface area (Å²) in [6, 6.07) is 7.05. The van der Waals surface area contributed by atoms with Crippen LogP contribution in [-0.4, -0.2) is 39.1 Å². The summed E-state index contributed by atoms with van der Waals surface area (Å²) in [7, 11) is 0. The van der Waals surface area contributed by atoms with Gasteiger partial charge in [0, 0.05) is 6.54 Å². The quantitative estimate of drug-likeness (QED) is 0.933. The zero-order chi connectivity index (χ0) is 16.2. The number of rotatable bonds is 4. The number of para-hydroxylation sites is 1. The Bertz CT molecular complexity index is 688. The number of aryl methyl sites for hydroxylation is 1. The first-order chi connectivity index (χ1) is 11.1. The lowest BCUT2D eigenvalue weighted by Crippen LogP contribution is -2.41. The number of hydrogen-bond donors (Lipinski definition) is 1. The fourth-order valence-electron chi connectivity index (χ4n) is 2.79. The zero-order valence-corrected chi connectivity index (χ0v) is 13.7. The number of carbonyl (C=O) groups excluding carboxylic acids is 1. The summed E-state index contributed by atoms with van der Waals surface area (Å²) in [4.78, 5) is 18.8. The highest BCUT2D eigenvalue weighted by Gasteiger charge is 2.30. The standard InChI is InChI=1S/C16H19ClN4O2/c1-11-18-16(20-19-11)13-7-4-5-9-21(13)15(22)10-23-14-8-3-2-6-12(14)17/h2-3,6,8,13H,4-5,7,9-10H2,1H3,(H,18,19,20). The van der Waals surface area contributed by atoms with Crippen LogP contribution in [0.5, 0.6) is 5.75 Å². The molecule has 7 heteroatoms. The highest BCUT2D eigenvalue weighted by Crippen LogP contribution is 2.29. The molecule has 0 radical (unpaired) electrons. The molecule has 2 aromatic rings. The monoisotopic (exact) mass is 334 g/mol. The molecule has 1 aromatic carbocycles. The number of aromatic nitrogens is 3. The van der Waals surface area contributed by atoms with Gasteiger partial charge in [-0.15, -0.1) is 0 Å². The number of H-pyrrole nitrogens is 1. The number of hydrogen-bond acceptors (Lipinski definition) is 4. The second-order valence-corrected chi connectivity index (χ2v) is 6.00. The van der Waals surface area contributed by atoms with Crippen molar-refractivity contribution >= 4 is 17.5 Å². The molecule has 1 aliphatic rings. The van der Waals surface area contributed by atoms with Gasteiger partial charge in [0.25, 0.3) is 5.91 Å². The lowest BCUT2D eigenvalue weighted by molar-refractivity contribution is -0.137. The van der Waals surface area contributed by atoms with E-state index in [2.05, 4.69) is 15.2 Å². The van der Waals surface area contributed by atoms with Gasteiger partial charge in [0.15, 0.2) is 12.4 Å². The molecule has 1 N–H and O–H groups in total. The first-order valence-electron chi connectivity index (χ1n) is 7.71. The van der Waals surface area contributed by atoms with Gasteiger partial charge in [-0.3, -0.25) is 9.89 Å². The van der Waals surface area contributed by atoms with Gasteiger partial charge < -0.3 is 9.64 Å². The molecule has 1 aromatic heterocycles. The van der Waals surface area contributed by atoms with Gasteiger partial charge in [0.1, 0.15) is 11.6 Å². The van der Waals surface area contributed by atoms with Gasteiger partial charge in [-0.25, -0.2) is 4.98 Å². The van der Waals surface area contributed by atoms with Crippen molar-refractivity contribution in [1.29, 1.82) is 0 Å². The molecule has 6 nitrogen and oxygen atoms in total. The number of carbonyl (C=O) groups is 1. The molecule has 1 saturated heterocycles. The number of piperidine rings is 1. The molecule has 2 heterocycles. The molecule has 0 bridgehead atoms. The molecular weight excluding hydrogens is 316 g/mol. The molecule has 23 heavy (non-hydrogen) atoms. The smallest absolute Gasteiger partial charge is 0.261 e. The first-order valence-corrected chi connectivity index (χ1v) is 8.08. The average molecular weight is 335 g/mol. The number of halogens is 1. The van der Waals surface area contributed by atoms with Gasteiger partial charge in [-0.1, -0.05) is 23.7 Å². The Kier molecular flexibility index (Phi) is 4.81. The van der Waals surface area contributed by atoms with Crippen LogP contribution in [0.1, 0.15) is 37.0 Å². The Morgan fingerprint density at radius 3 is 3.00 bits per heavy atom. The normalized spacial score (nSPS) is 18.0. The summed E-state index contributed by atoms with van der Waals surface area (Å²) in [6.45, 7) is 2.51. The Balaban J connectivity index is 1.68. The van der Waals surface area contributed by atoms with Gasteiger partial charge in [-0.05, 0) is 38.3 Å². The van der Waals surface area contributed by atoms with E-state index in [0.717, 1.165) is 25.1 Å². The number of nitrogens with zero attached hydrogens (tertiary/aromatic N) is 3. The van der Waals surface area contributed by atoms with Crippen molar-refractivity contribution in [2.75, 3.05) is 13.2 Å². The molecular formula is C16H19ClN4O2. The molecule has 1 aliphatic heterocycles. The third kappa shape index (κ3) is 3.64. The van der Waals surface area contributed by atoms with Crippen molar-refractivity contribution in [3.63, 3.8) is 0 Å². The van der Waals surface area contributed by atoms with Crippen molar-refractivity contribution in [1.82, 2.24) is 20.1 Å². The minimum Gasteiger partial charge on any atom is -0.482 e. The average Bonchev–Trinajstić information content (AvgIpc) is 3.00. The van der Waals surface area contributed by atoms with Crippen molar-refractivity contribution in [3.8, 4) is 5.75 Å². The van der Waals surface area contributed by atoms with Crippen LogP contribution in [0.25, 0.3) is 0 Å². The lowest BCUT2D eigenvalue weighted by atomic mass is 10.0. The number of nitrogens with one attached hydrogen (secondary N) is 1. The van der Waals surface area contributed by atoms with E-state index in [4.69, 9.17) is 16.3 Å². The summed E-state index contributed by atoms with van der Waals surface area (Å²) < 4.78 is 5.57. The second-order valence-electron chi connectivity index (χ2n) is 5.60. The van der Waals surface area contributed by atoms with Crippen LogP contribution >= 0.6 is 11.6 Å².